The first-order valence-electron chi connectivity index (χ1n) is 4.89. The third-order valence-corrected chi connectivity index (χ3v) is 2.34. The van der Waals surface area contributed by atoms with Crippen molar-refractivity contribution < 1.29 is 22.3 Å². The minimum absolute atomic E-state index is 0.111. The highest BCUT2D eigenvalue weighted by atomic mass is 35.5. The first-order chi connectivity index (χ1) is 8.88. The number of rotatable bonds is 2. The smallest absolute Gasteiger partial charge is 0.419 e. The normalized spacial score (nSPS) is 11.4. The molecular weight excluding hydrogens is 288 g/mol. The van der Waals surface area contributed by atoms with Gasteiger partial charge in [0.05, 0.1) is 5.56 Å². The fourth-order valence-electron chi connectivity index (χ4n) is 1.27. The molecule has 0 saturated heterocycles. The van der Waals surface area contributed by atoms with Gasteiger partial charge in [0.2, 0.25) is 0 Å². The Bertz CT molecular complexity index is 603. The lowest BCUT2D eigenvalue weighted by Gasteiger charge is -2.10. The van der Waals surface area contributed by atoms with Crippen molar-refractivity contribution in [2.24, 2.45) is 0 Å². The molecule has 0 saturated carbocycles. The van der Waals surface area contributed by atoms with Gasteiger partial charge in [-0.2, -0.15) is 13.2 Å². The molecule has 0 radical (unpaired) electrons. The van der Waals surface area contributed by atoms with Gasteiger partial charge in [0.15, 0.2) is 5.15 Å². The average Bonchev–Trinajstić information content (AvgIpc) is 2.33. The van der Waals surface area contributed by atoms with Crippen LogP contribution in [0.3, 0.4) is 0 Å². The van der Waals surface area contributed by atoms with E-state index in [4.69, 9.17) is 16.3 Å². The van der Waals surface area contributed by atoms with Crippen LogP contribution in [0.4, 0.5) is 17.6 Å². The van der Waals surface area contributed by atoms with Crippen LogP contribution in [-0.2, 0) is 6.18 Å². The van der Waals surface area contributed by atoms with Crippen LogP contribution in [0.5, 0.6) is 11.6 Å². The van der Waals surface area contributed by atoms with Gasteiger partial charge in [0.25, 0.3) is 5.88 Å². The summed E-state index contributed by atoms with van der Waals surface area (Å²) in [4.78, 5) is 7.34. The summed E-state index contributed by atoms with van der Waals surface area (Å²) in [5, 5.41) is -0.111. The van der Waals surface area contributed by atoms with Crippen molar-refractivity contribution in [1.29, 1.82) is 0 Å². The van der Waals surface area contributed by atoms with Crippen LogP contribution >= 0.6 is 11.6 Å². The van der Waals surface area contributed by atoms with Crippen molar-refractivity contribution in [2.75, 3.05) is 0 Å². The minimum atomic E-state index is -4.81. The predicted molar refractivity (Wildman–Crippen MR) is 58.5 cm³/mol. The molecule has 0 bridgehead atoms. The van der Waals surface area contributed by atoms with E-state index in [1.54, 1.807) is 0 Å². The largest absolute Gasteiger partial charge is 0.436 e. The van der Waals surface area contributed by atoms with Crippen molar-refractivity contribution in [2.45, 2.75) is 6.18 Å². The predicted octanol–water partition coefficient (Wildman–Crippen LogP) is 4.08. The van der Waals surface area contributed by atoms with Gasteiger partial charge in [-0.05, 0) is 18.2 Å². The van der Waals surface area contributed by atoms with Crippen LogP contribution < -0.4 is 4.74 Å². The van der Waals surface area contributed by atoms with Gasteiger partial charge < -0.3 is 4.74 Å². The summed E-state index contributed by atoms with van der Waals surface area (Å²) in [6.45, 7) is 0. The average molecular weight is 293 g/mol. The van der Waals surface area contributed by atoms with Gasteiger partial charge in [-0.25, -0.2) is 14.4 Å². The van der Waals surface area contributed by atoms with Crippen molar-refractivity contribution in [3.05, 3.63) is 47.1 Å². The molecule has 0 aliphatic heterocycles. The molecule has 3 nitrogen and oxygen atoms in total. The van der Waals surface area contributed by atoms with Crippen molar-refractivity contribution in [3.63, 3.8) is 0 Å². The highest BCUT2D eigenvalue weighted by Gasteiger charge is 2.34. The molecule has 2 rings (SSSR count). The van der Waals surface area contributed by atoms with Gasteiger partial charge in [-0.1, -0.05) is 11.6 Å². The number of hydrogen-bond donors (Lipinski definition) is 0. The third-order valence-electron chi connectivity index (χ3n) is 2.08. The van der Waals surface area contributed by atoms with E-state index in [1.165, 1.54) is 12.4 Å². The standard InChI is InChI=1S/C11H5ClF4N2O/c12-9-10(18-4-3-17-9)19-6-1-2-8(13)7(5-6)11(14,15)16/h1-5H. The second-order valence-electron chi connectivity index (χ2n) is 3.39. The molecule has 8 heteroatoms. The molecule has 0 aliphatic carbocycles. The molecule has 1 aromatic heterocycles. The van der Waals surface area contributed by atoms with Crippen LogP contribution in [0.25, 0.3) is 0 Å². The van der Waals surface area contributed by atoms with E-state index in [1.807, 2.05) is 0 Å². The fourth-order valence-corrected chi connectivity index (χ4v) is 1.42. The summed E-state index contributed by atoms with van der Waals surface area (Å²) in [7, 11) is 0. The van der Waals surface area contributed by atoms with Crippen molar-refractivity contribution in [3.8, 4) is 11.6 Å². The van der Waals surface area contributed by atoms with Crippen LogP contribution in [0.15, 0.2) is 30.6 Å². The molecule has 19 heavy (non-hydrogen) atoms. The number of ether oxygens (including phenoxy) is 1. The van der Waals surface area contributed by atoms with Crippen molar-refractivity contribution >= 4 is 11.6 Å². The van der Waals surface area contributed by atoms with Crippen molar-refractivity contribution in [1.82, 2.24) is 9.97 Å². The highest BCUT2D eigenvalue weighted by molar-refractivity contribution is 6.30. The molecule has 0 spiro atoms. The summed E-state index contributed by atoms with van der Waals surface area (Å²) in [6, 6.07) is 2.22. The Morgan fingerprint density at radius 3 is 2.42 bits per heavy atom. The zero-order valence-electron chi connectivity index (χ0n) is 9.08. The van der Waals surface area contributed by atoms with Crippen LogP contribution in [0.2, 0.25) is 5.15 Å². The van der Waals surface area contributed by atoms with E-state index in [-0.39, 0.29) is 16.8 Å². The number of halogens is 5. The molecule has 100 valence electrons. The second kappa shape index (κ2) is 5.00. The van der Waals surface area contributed by atoms with E-state index in [0.717, 1.165) is 6.07 Å². The molecule has 0 aliphatic rings. The summed E-state index contributed by atoms with van der Waals surface area (Å²) < 4.78 is 55.6. The lowest BCUT2D eigenvalue weighted by Crippen LogP contribution is -2.08. The lowest BCUT2D eigenvalue weighted by atomic mass is 10.2. The topological polar surface area (TPSA) is 35.0 Å². The van der Waals surface area contributed by atoms with Crippen LogP contribution in [-0.4, -0.2) is 9.97 Å². The van der Waals surface area contributed by atoms with E-state index in [0.29, 0.717) is 12.1 Å². The van der Waals surface area contributed by atoms with Gasteiger partial charge in [-0.3, -0.25) is 0 Å². The summed E-state index contributed by atoms with van der Waals surface area (Å²) >= 11 is 5.64. The maximum absolute atomic E-state index is 13.1. The zero-order chi connectivity index (χ0) is 14.0. The third kappa shape index (κ3) is 3.11. The Hall–Kier alpha value is -1.89. The summed E-state index contributed by atoms with van der Waals surface area (Å²) in [6.07, 6.45) is -2.26. The van der Waals surface area contributed by atoms with E-state index in [9.17, 15) is 17.6 Å². The first kappa shape index (κ1) is 13.5. The summed E-state index contributed by atoms with van der Waals surface area (Å²) in [5.74, 6) is -1.79. The highest BCUT2D eigenvalue weighted by Crippen LogP contribution is 2.35. The fraction of sp³-hybridized carbons (Fsp3) is 0.0909. The van der Waals surface area contributed by atoms with Gasteiger partial charge in [0.1, 0.15) is 11.6 Å². The van der Waals surface area contributed by atoms with E-state index in [2.05, 4.69) is 9.97 Å². The molecule has 0 unspecified atom stereocenters. The molecule has 1 heterocycles. The van der Waals surface area contributed by atoms with Crippen LogP contribution in [0.1, 0.15) is 5.56 Å². The molecule has 1 aromatic carbocycles. The Morgan fingerprint density at radius 2 is 1.79 bits per heavy atom. The van der Waals surface area contributed by atoms with E-state index < -0.39 is 17.6 Å². The monoisotopic (exact) mass is 292 g/mol. The number of benzene rings is 1. The van der Waals surface area contributed by atoms with Gasteiger partial charge in [0, 0.05) is 12.4 Å². The van der Waals surface area contributed by atoms with Crippen LogP contribution in [0, 0.1) is 5.82 Å². The number of aromatic nitrogens is 2. The first-order valence-corrected chi connectivity index (χ1v) is 5.27. The Balaban J connectivity index is 2.35. The van der Waals surface area contributed by atoms with E-state index >= 15 is 0 Å². The number of nitrogens with zero attached hydrogens (tertiary/aromatic N) is 2. The molecule has 0 atom stereocenters. The Morgan fingerprint density at radius 1 is 1.11 bits per heavy atom. The number of hydrogen-bond acceptors (Lipinski definition) is 3. The zero-order valence-corrected chi connectivity index (χ0v) is 9.84. The summed E-state index contributed by atoms with van der Waals surface area (Å²) in [5.41, 5.74) is -1.43. The van der Waals surface area contributed by atoms with Gasteiger partial charge in [-0.15, -0.1) is 0 Å². The van der Waals surface area contributed by atoms with Gasteiger partial charge >= 0.3 is 6.18 Å². The maximum atomic E-state index is 13.1. The molecule has 0 amide bonds. The molecule has 2 aromatic rings. The SMILES string of the molecule is Fc1ccc(Oc2nccnc2Cl)cc1C(F)(F)F. The molecular formula is C11H5ClF4N2O. The second-order valence-corrected chi connectivity index (χ2v) is 3.75. The minimum Gasteiger partial charge on any atom is -0.436 e. The molecule has 0 fully saturated rings. The Kier molecular flexibility index (Phi) is 3.57. The number of alkyl halides is 3. The quantitative estimate of drug-likeness (QED) is 0.782. The molecule has 0 N–H and O–H groups in total. The lowest BCUT2D eigenvalue weighted by molar-refractivity contribution is -0.140. The maximum Gasteiger partial charge on any atom is 0.419 e. The Labute approximate surface area is 109 Å².